The van der Waals surface area contributed by atoms with Gasteiger partial charge < -0.3 is 5.11 Å². The SMILES string of the molecule is CCc1ccc2ccc(S(=O)(=O)O)c(O)c2c1. The molecular formula is C12H12O4S. The molecule has 0 bridgehead atoms. The Balaban J connectivity index is 2.82. The Morgan fingerprint density at radius 1 is 1.18 bits per heavy atom. The van der Waals surface area contributed by atoms with Crippen molar-refractivity contribution in [1.82, 2.24) is 0 Å². The van der Waals surface area contributed by atoms with E-state index in [9.17, 15) is 13.5 Å². The Morgan fingerprint density at radius 2 is 1.82 bits per heavy atom. The molecule has 0 atom stereocenters. The van der Waals surface area contributed by atoms with Gasteiger partial charge in [-0.15, -0.1) is 0 Å². The highest BCUT2D eigenvalue weighted by Gasteiger charge is 2.17. The molecule has 0 aromatic heterocycles. The molecule has 0 aliphatic carbocycles. The normalized spacial score (nSPS) is 11.9. The van der Waals surface area contributed by atoms with Crippen LogP contribution in [0.5, 0.6) is 5.75 Å². The average molecular weight is 252 g/mol. The van der Waals surface area contributed by atoms with Crippen LogP contribution in [0.25, 0.3) is 10.8 Å². The van der Waals surface area contributed by atoms with Crippen molar-refractivity contribution in [3.8, 4) is 5.75 Å². The fourth-order valence-corrected chi connectivity index (χ4v) is 2.35. The molecule has 0 radical (unpaired) electrons. The summed E-state index contributed by atoms with van der Waals surface area (Å²) < 4.78 is 31.1. The second-order valence-electron chi connectivity index (χ2n) is 3.80. The topological polar surface area (TPSA) is 74.6 Å². The van der Waals surface area contributed by atoms with Crippen LogP contribution in [-0.4, -0.2) is 18.1 Å². The number of benzene rings is 2. The van der Waals surface area contributed by atoms with Crippen molar-refractivity contribution in [3.63, 3.8) is 0 Å². The van der Waals surface area contributed by atoms with Gasteiger partial charge >= 0.3 is 0 Å². The van der Waals surface area contributed by atoms with Gasteiger partial charge in [0.2, 0.25) is 0 Å². The van der Waals surface area contributed by atoms with Crippen LogP contribution >= 0.6 is 0 Å². The zero-order valence-corrected chi connectivity index (χ0v) is 10.0. The minimum absolute atomic E-state index is 0.403. The van der Waals surface area contributed by atoms with Crippen LogP contribution in [0, 0.1) is 0 Å². The van der Waals surface area contributed by atoms with Gasteiger partial charge in [-0.2, -0.15) is 8.42 Å². The maximum Gasteiger partial charge on any atom is 0.298 e. The highest BCUT2D eigenvalue weighted by atomic mass is 32.2. The molecule has 0 saturated carbocycles. The van der Waals surface area contributed by atoms with Crippen molar-refractivity contribution in [2.75, 3.05) is 0 Å². The zero-order valence-electron chi connectivity index (χ0n) is 9.21. The lowest BCUT2D eigenvalue weighted by atomic mass is 10.0. The van der Waals surface area contributed by atoms with Crippen molar-refractivity contribution >= 4 is 20.9 Å². The molecule has 0 spiro atoms. The summed E-state index contributed by atoms with van der Waals surface area (Å²) in [6.07, 6.45) is 0.783. The molecule has 5 heteroatoms. The maximum absolute atomic E-state index is 11.0. The minimum atomic E-state index is -4.39. The van der Waals surface area contributed by atoms with Crippen LogP contribution in [0.1, 0.15) is 12.5 Å². The predicted octanol–water partition coefficient (Wildman–Crippen LogP) is 2.35. The van der Waals surface area contributed by atoms with E-state index < -0.39 is 20.8 Å². The monoisotopic (exact) mass is 252 g/mol. The van der Waals surface area contributed by atoms with E-state index >= 15 is 0 Å². The fourth-order valence-electron chi connectivity index (χ4n) is 1.76. The van der Waals surface area contributed by atoms with E-state index in [2.05, 4.69) is 0 Å². The first-order valence-electron chi connectivity index (χ1n) is 5.15. The van der Waals surface area contributed by atoms with Crippen molar-refractivity contribution in [2.24, 2.45) is 0 Å². The predicted molar refractivity (Wildman–Crippen MR) is 64.8 cm³/mol. The Hall–Kier alpha value is -1.59. The van der Waals surface area contributed by atoms with Crippen LogP contribution in [0.3, 0.4) is 0 Å². The number of phenols is 1. The van der Waals surface area contributed by atoms with E-state index in [4.69, 9.17) is 4.55 Å². The van der Waals surface area contributed by atoms with Crippen molar-refractivity contribution < 1.29 is 18.1 Å². The summed E-state index contributed by atoms with van der Waals surface area (Å²) in [5.74, 6) is -0.403. The van der Waals surface area contributed by atoms with Gasteiger partial charge in [0.1, 0.15) is 10.6 Å². The molecule has 0 fully saturated rings. The molecule has 2 rings (SSSR count). The molecule has 0 unspecified atom stereocenters. The molecule has 0 aliphatic rings. The number of hydrogen-bond acceptors (Lipinski definition) is 3. The maximum atomic E-state index is 11.0. The van der Waals surface area contributed by atoms with Crippen LogP contribution in [0.4, 0.5) is 0 Å². The quantitative estimate of drug-likeness (QED) is 0.804. The van der Waals surface area contributed by atoms with Gasteiger partial charge in [0.25, 0.3) is 10.1 Å². The third kappa shape index (κ3) is 2.11. The number of hydrogen-bond donors (Lipinski definition) is 2. The lowest BCUT2D eigenvalue weighted by Crippen LogP contribution is -1.98. The molecular weight excluding hydrogens is 240 g/mol. The number of rotatable bonds is 2. The van der Waals surface area contributed by atoms with Gasteiger partial charge in [-0.3, -0.25) is 4.55 Å². The van der Waals surface area contributed by atoms with Crippen LogP contribution < -0.4 is 0 Å². The third-order valence-corrected chi connectivity index (χ3v) is 3.59. The van der Waals surface area contributed by atoms with E-state index in [1.807, 2.05) is 19.1 Å². The first-order chi connectivity index (χ1) is 7.93. The Morgan fingerprint density at radius 3 is 2.41 bits per heavy atom. The molecule has 0 aliphatic heterocycles. The number of aryl methyl sites for hydroxylation is 1. The van der Waals surface area contributed by atoms with E-state index in [-0.39, 0.29) is 0 Å². The van der Waals surface area contributed by atoms with Gasteiger partial charge in [0, 0.05) is 5.39 Å². The van der Waals surface area contributed by atoms with E-state index in [0.717, 1.165) is 17.4 Å². The average Bonchev–Trinajstić information content (AvgIpc) is 2.27. The summed E-state index contributed by atoms with van der Waals surface area (Å²) in [7, 11) is -4.39. The van der Waals surface area contributed by atoms with Gasteiger partial charge in [0.15, 0.2) is 0 Å². The summed E-state index contributed by atoms with van der Waals surface area (Å²) in [4.78, 5) is -0.460. The number of fused-ring (bicyclic) bond motifs is 1. The summed E-state index contributed by atoms with van der Waals surface area (Å²) in [6.45, 7) is 1.96. The first-order valence-corrected chi connectivity index (χ1v) is 6.59. The minimum Gasteiger partial charge on any atom is -0.506 e. The highest BCUT2D eigenvalue weighted by Crippen LogP contribution is 2.32. The summed E-state index contributed by atoms with van der Waals surface area (Å²) in [5.41, 5.74) is 0.986. The van der Waals surface area contributed by atoms with Gasteiger partial charge in [-0.1, -0.05) is 25.1 Å². The Bertz CT molecular complexity index is 674. The number of phenolic OH excluding ortho intramolecular Hbond substituents is 1. The van der Waals surface area contributed by atoms with Gasteiger partial charge in [-0.25, -0.2) is 0 Å². The standard InChI is InChI=1S/C12H12O4S/c1-2-8-3-4-9-5-6-11(17(14,15)16)12(13)10(9)7-8/h3-7,13H,2H2,1H3,(H,14,15,16). The molecule has 17 heavy (non-hydrogen) atoms. The van der Waals surface area contributed by atoms with Gasteiger partial charge in [-0.05, 0) is 29.5 Å². The molecule has 90 valence electrons. The van der Waals surface area contributed by atoms with E-state index in [1.54, 1.807) is 12.1 Å². The summed E-state index contributed by atoms with van der Waals surface area (Å²) >= 11 is 0. The Kier molecular flexibility index (Phi) is 2.81. The van der Waals surface area contributed by atoms with E-state index in [1.165, 1.54) is 6.07 Å². The lowest BCUT2D eigenvalue weighted by Gasteiger charge is -2.07. The van der Waals surface area contributed by atoms with Crippen LogP contribution in [0.2, 0.25) is 0 Å². The van der Waals surface area contributed by atoms with Crippen LogP contribution in [-0.2, 0) is 16.5 Å². The lowest BCUT2D eigenvalue weighted by molar-refractivity contribution is 0.448. The summed E-state index contributed by atoms with van der Waals surface area (Å²) in [5, 5.41) is 11.0. The fraction of sp³-hybridized carbons (Fsp3) is 0.167. The third-order valence-electron chi connectivity index (χ3n) is 2.71. The molecule has 2 aromatic carbocycles. The molecule has 0 amide bonds. The van der Waals surface area contributed by atoms with Crippen molar-refractivity contribution in [3.05, 3.63) is 35.9 Å². The first kappa shape index (κ1) is 11.9. The molecule has 0 heterocycles. The van der Waals surface area contributed by atoms with Gasteiger partial charge in [0.05, 0.1) is 0 Å². The van der Waals surface area contributed by atoms with Crippen LogP contribution in [0.15, 0.2) is 35.2 Å². The second kappa shape index (κ2) is 4.01. The van der Waals surface area contributed by atoms with Crippen molar-refractivity contribution in [2.45, 2.75) is 18.2 Å². The second-order valence-corrected chi connectivity index (χ2v) is 5.19. The van der Waals surface area contributed by atoms with E-state index in [0.29, 0.717) is 5.39 Å². The largest absolute Gasteiger partial charge is 0.506 e. The highest BCUT2D eigenvalue weighted by molar-refractivity contribution is 7.86. The molecule has 2 N–H and O–H groups in total. The smallest absolute Gasteiger partial charge is 0.298 e. The van der Waals surface area contributed by atoms with Crippen molar-refractivity contribution in [1.29, 1.82) is 0 Å². The zero-order chi connectivity index (χ0) is 12.6. The summed E-state index contributed by atoms with van der Waals surface area (Å²) in [6, 6.07) is 8.19. The number of aromatic hydroxyl groups is 1. The molecule has 4 nitrogen and oxygen atoms in total. The Labute approximate surface area is 99.3 Å². The molecule has 0 saturated heterocycles. The molecule has 2 aromatic rings.